The number of carbonyl (C=O) groups is 1. The average molecular weight is 242 g/mol. The molecule has 1 fully saturated rings. The predicted octanol–water partition coefficient (Wildman–Crippen LogP) is 2.34. The van der Waals surface area contributed by atoms with Crippen LogP contribution in [0.1, 0.15) is 39.0 Å². The van der Waals surface area contributed by atoms with E-state index in [1.807, 2.05) is 0 Å². The molecule has 1 amide bonds. The lowest BCUT2D eigenvalue weighted by Gasteiger charge is -2.32. The van der Waals surface area contributed by atoms with E-state index in [2.05, 4.69) is 11.8 Å². The van der Waals surface area contributed by atoms with Crippen LogP contribution in [0.2, 0.25) is 0 Å². The lowest BCUT2D eigenvalue weighted by Crippen LogP contribution is -2.42. The molecule has 4 nitrogen and oxygen atoms in total. The molecule has 0 aromatic carbocycles. The quantitative estimate of drug-likeness (QED) is 0.694. The number of carbonyl (C=O) groups excluding carboxylic acids is 1. The van der Waals surface area contributed by atoms with E-state index in [-0.39, 0.29) is 12.2 Å². The highest BCUT2D eigenvalue weighted by Crippen LogP contribution is 2.14. The van der Waals surface area contributed by atoms with E-state index in [9.17, 15) is 4.79 Å². The van der Waals surface area contributed by atoms with Gasteiger partial charge >= 0.3 is 6.09 Å². The van der Waals surface area contributed by atoms with Gasteiger partial charge in [-0.25, -0.2) is 4.79 Å². The third kappa shape index (κ3) is 5.39. The van der Waals surface area contributed by atoms with Gasteiger partial charge in [-0.05, 0) is 32.4 Å². The van der Waals surface area contributed by atoms with Crippen molar-refractivity contribution in [2.75, 3.05) is 33.7 Å². The Bertz CT molecular complexity index is 231. The van der Waals surface area contributed by atoms with Crippen molar-refractivity contribution in [2.24, 2.45) is 0 Å². The van der Waals surface area contributed by atoms with Crippen LogP contribution in [0.5, 0.6) is 0 Å². The van der Waals surface area contributed by atoms with Crippen LogP contribution < -0.4 is 0 Å². The topological polar surface area (TPSA) is 32.8 Å². The fourth-order valence-electron chi connectivity index (χ4n) is 2.15. The molecular weight excluding hydrogens is 216 g/mol. The molecule has 0 saturated carbocycles. The minimum atomic E-state index is -0.217. The van der Waals surface area contributed by atoms with E-state index in [4.69, 9.17) is 4.74 Å². The fraction of sp³-hybridized carbons (Fsp3) is 0.923. The van der Waals surface area contributed by atoms with Gasteiger partial charge in [0.1, 0.15) is 6.10 Å². The second-order valence-corrected chi connectivity index (χ2v) is 5.05. The Morgan fingerprint density at radius 3 is 2.82 bits per heavy atom. The SMILES string of the molecule is CCCCCN1CCC[C@@H](OC(=O)N(C)C)C1. The van der Waals surface area contributed by atoms with Gasteiger partial charge in [0, 0.05) is 20.6 Å². The Hall–Kier alpha value is -0.770. The summed E-state index contributed by atoms with van der Waals surface area (Å²) in [4.78, 5) is 15.4. The zero-order valence-electron chi connectivity index (χ0n) is 11.4. The molecule has 4 heteroatoms. The highest BCUT2D eigenvalue weighted by molar-refractivity contribution is 5.66. The third-order valence-electron chi connectivity index (χ3n) is 3.17. The van der Waals surface area contributed by atoms with Gasteiger partial charge in [0.15, 0.2) is 0 Å². The van der Waals surface area contributed by atoms with Crippen LogP contribution in [-0.4, -0.2) is 55.7 Å². The van der Waals surface area contributed by atoms with Gasteiger partial charge in [-0.1, -0.05) is 19.8 Å². The van der Waals surface area contributed by atoms with E-state index in [0.717, 1.165) is 32.5 Å². The smallest absolute Gasteiger partial charge is 0.409 e. The van der Waals surface area contributed by atoms with E-state index < -0.39 is 0 Å². The van der Waals surface area contributed by atoms with Crippen LogP contribution in [0.3, 0.4) is 0 Å². The maximum absolute atomic E-state index is 11.5. The number of hydrogen-bond acceptors (Lipinski definition) is 3. The van der Waals surface area contributed by atoms with Crippen molar-refractivity contribution in [1.29, 1.82) is 0 Å². The van der Waals surface area contributed by atoms with Crippen molar-refractivity contribution >= 4 is 6.09 Å². The second kappa shape index (κ2) is 7.54. The van der Waals surface area contributed by atoms with E-state index in [0.29, 0.717) is 0 Å². The molecule has 1 aliphatic rings. The Morgan fingerprint density at radius 2 is 2.18 bits per heavy atom. The molecular formula is C13H26N2O2. The maximum atomic E-state index is 11.5. The molecule has 1 aliphatic heterocycles. The predicted molar refractivity (Wildman–Crippen MR) is 69.2 cm³/mol. The van der Waals surface area contributed by atoms with Crippen LogP contribution in [0.25, 0.3) is 0 Å². The molecule has 1 saturated heterocycles. The van der Waals surface area contributed by atoms with Crippen LogP contribution in [0.4, 0.5) is 4.79 Å². The summed E-state index contributed by atoms with van der Waals surface area (Å²) in [5, 5.41) is 0. The normalized spacial score (nSPS) is 21.2. The number of amides is 1. The number of hydrogen-bond donors (Lipinski definition) is 0. The standard InChI is InChI=1S/C13H26N2O2/c1-4-5-6-9-15-10-7-8-12(11-15)17-13(16)14(2)3/h12H,4-11H2,1-3H3/t12-/m1/s1. The lowest BCUT2D eigenvalue weighted by molar-refractivity contribution is 0.0283. The minimum Gasteiger partial charge on any atom is -0.445 e. The van der Waals surface area contributed by atoms with E-state index >= 15 is 0 Å². The Morgan fingerprint density at radius 1 is 1.41 bits per heavy atom. The summed E-state index contributed by atoms with van der Waals surface area (Å²) in [5.41, 5.74) is 0. The van der Waals surface area contributed by atoms with E-state index in [1.54, 1.807) is 14.1 Å². The van der Waals surface area contributed by atoms with Gasteiger partial charge in [0.05, 0.1) is 0 Å². The molecule has 0 bridgehead atoms. The van der Waals surface area contributed by atoms with Crippen LogP contribution >= 0.6 is 0 Å². The fourth-order valence-corrected chi connectivity index (χ4v) is 2.15. The molecule has 0 spiro atoms. The van der Waals surface area contributed by atoms with Crippen molar-refractivity contribution in [2.45, 2.75) is 45.1 Å². The zero-order chi connectivity index (χ0) is 12.7. The number of unbranched alkanes of at least 4 members (excludes halogenated alkanes) is 2. The molecule has 0 aromatic heterocycles. The summed E-state index contributed by atoms with van der Waals surface area (Å²) in [5.74, 6) is 0. The molecule has 0 aliphatic carbocycles. The van der Waals surface area contributed by atoms with Gasteiger partial charge in [0.25, 0.3) is 0 Å². The first-order chi connectivity index (χ1) is 8.13. The Labute approximate surface area is 105 Å². The van der Waals surface area contributed by atoms with Crippen molar-refractivity contribution in [3.8, 4) is 0 Å². The molecule has 0 aromatic rings. The van der Waals surface area contributed by atoms with Gasteiger partial charge in [-0.15, -0.1) is 0 Å². The first-order valence-corrected chi connectivity index (χ1v) is 6.73. The maximum Gasteiger partial charge on any atom is 0.409 e. The number of piperidine rings is 1. The first-order valence-electron chi connectivity index (χ1n) is 6.73. The molecule has 0 unspecified atom stereocenters. The molecule has 100 valence electrons. The Balaban J connectivity index is 2.26. The van der Waals surface area contributed by atoms with Crippen molar-refractivity contribution in [3.63, 3.8) is 0 Å². The van der Waals surface area contributed by atoms with Crippen molar-refractivity contribution < 1.29 is 9.53 Å². The van der Waals surface area contributed by atoms with Crippen molar-refractivity contribution in [3.05, 3.63) is 0 Å². The molecule has 0 N–H and O–H groups in total. The van der Waals surface area contributed by atoms with Gasteiger partial charge in [0.2, 0.25) is 0 Å². The Kier molecular flexibility index (Phi) is 6.34. The number of ether oxygens (including phenoxy) is 1. The summed E-state index contributed by atoms with van der Waals surface area (Å²) in [7, 11) is 3.45. The van der Waals surface area contributed by atoms with Crippen molar-refractivity contribution in [1.82, 2.24) is 9.80 Å². The minimum absolute atomic E-state index is 0.0836. The highest BCUT2D eigenvalue weighted by Gasteiger charge is 2.23. The average Bonchev–Trinajstić information content (AvgIpc) is 2.30. The van der Waals surface area contributed by atoms with Gasteiger partial charge in [-0.3, -0.25) is 4.90 Å². The number of rotatable bonds is 5. The third-order valence-corrected chi connectivity index (χ3v) is 3.17. The molecule has 1 atom stereocenters. The molecule has 1 rings (SSSR count). The van der Waals surface area contributed by atoms with Gasteiger partial charge in [-0.2, -0.15) is 0 Å². The summed E-state index contributed by atoms with van der Waals surface area (Å²) in [6, 6.07) is 0. The van der Waals surface area contributed by atoms with Crippen LogP contribution in [0.15, 0.2) is 0 Å². The summed E-state index contributed by atoms with van der Waals surface area (Å²) >= 11 is 0. The first kappa shape index (κ1) is 14.3. The van der Waals surface area contributed by atoms with Gasteiger partial charge < -0.3 is 9.64 Å². The van der Waals surface area contributed by atoms with Crippen LogP contribution in [-0.2, 0) is 4.74 Å². The lowest BCUT2D eigenvalue weighted by atomic mass is 10.1. The monoisotopic (exact) mass is 242 g/mol. The largest absolute Gasteiger partial charge is 0.445 e. The molecule has 1 heterocycles. The molecule has 0 radical (unpaired) electrons. The number of likely N-dealkylation sites (tertiary alicyclic amines) is 1. The zero-order valence-corrected chi connectivity index (χ0v) is 11.4. The van der Waals surface area contributed by atoms with Crippen LogP contribution in [0, 0.1) is 0 Å². The molecule has 17 heavy (non-hydrogen) atoms. The summed E-state index contributed by atoms with van der Waals surface area (Å²) in [6.45, 7) is 5.42. The second-order valence-electron chi connectivity index (χ2n) is 5.05. The van der Waals surface area contributed by atoms with E-state index in [1.165, 1.54) is 24.2 Å². The number of nitrogens with zero attached hydrogens (tertiary/aromatic N) is 2. The summed E-state index contributed by atoms with van der Waals surface area (Å²) in [6.07, 6.45) is 5.81. The highest BCUT2D eigenvalue weighted by atomic mass is 16.6. The summed E-state index contributed by atoms with van der Waals surface area (Å²) < 4.78 is 5.43.